The predicted molar refractivity (Wildman–Crippen MR) is 79.7 cm³/mol. The van der Waals surface area contributed by atoms with Gasteiger partial charge in [-0.1, -0.05) is 26.0 Å². The van der Waals surface area contributed by atoms with Crippen molar-refractivity contribution in [3.63, 3.8) is 0 Å². The van der Waals surface area contributed by atoms with E-state index in [0.29, 0.717) is 12.5 Å². The lowest BCUT2D eigenvalue weighted by molar-refractivity contribution is -0.126. The maximum atomic E-state index is 12.6. The largest absolute Gasteiger partial charge is 0.341 e. The Kier molecular flexibility index (Phi) is 3.84. The van der Waals surface area contributed by atoms with Gasteiger partial charge in [-0.15, -0.1) is 0 Å². The second-order valence-corrected chi connectivity index (χ2v) is 5.94. The normalized spacial score (nSPS) is 17.6. The second-order valence-electron chi connectivity index (χ2n) is 5.94. The number of nitrogens with zero attached hydrogens (tertiary/aromatic N) is 1. The third-order valence-corrected chi connectivity index (χ3v) is 3.60. The number of benzene rings is 1. The molecule has 0 aliphatic carbocycles. The fourth-order valence-electron chi connectivity index (χ4n) is 2.81. The molecule has 4 nitrogen and oxygen atoms in total. The Morgan fingerprint density at radius 2 is 1.90 bits per heavy atom. The Bertz CT molecular complexity index is 564. The first kappa shape index (κ1) is 14.6. The van der Waals surface area contributed by atoms with Crippen molar-refractivity contribution in [3.8, 4) is 0 Å². The van der Waals surface area contributed by atoms with Crippen molar-refractivity contribution >= 4 is 17.5 Å². The average molecular weight is 274 g/mol. The van der Waals surface area contributed by atoms with Gasteiger partial charge in [-0.2, -0.15) is 0 Å². The fraction of sp³-hybridized carbons (Fsp3) is 0.500. The molecule has 1 aromatic rings. The number of nitrogens with one attached hydrogen (secondary N) is 1. The van der Waals surface area contributed by atoms with E-state index in [-0.39, 0.29) is 11.8 Å². The van der Waals surface area contributed by atoms with Crippen LogP contribution < -0.4 is 10.2 Å². The van der Waals surface area contributed by atoms with Crippen molar-refractivity contribution in [3.05, 3.63) is 28.8 Å². The van der Waals surface area contributed by atoms with Gasteiger partial charge in [-0.05, 0) is 30.9 Å². The zero-order valence-electron chi connectivity index (χ0n) is 12.8. The Morgan fingerprint density at radius 3 is 2.45 bits per heavy atom. The first-order valence-electron chi connectivity index (χ1n) is 7.01. The SMILES string of the molecule is CC(=O)NC1C(=O)N(CC(C)C)c2c(C)ccc(C)c21. The Morgan fingerprint density at radius 1 is 1.30 bits per heavy atom. The average Bonchev–Trinajstić information content (AvgIpc) is 2.59. The van der Waals surface area contributed by atoms with Crippen LogP contribution in [0.3, 0.4) is 0 Å². The fourth-order valence-corrected chi connectivity index (χ4v) is 2.81. The molecule has 1 aromatic carbocycles. The van der Waals surface area contributed by atoms with Gasteiger partial charge in [0.25, 0.3) is 5.91 Å². The van der Waals surface area contributed by atoms with Crippen molar-refractivity contribution in [1.82, 2.24) is 5.32 Å². The molecule has 2 rings (SSSR count). The van der Waals surface area contributed by atoms with Crippen LogP contribution in [-0.4, -0.2) is 18.4 Å². The van der Waals surface area contributed by atoms with Crippen LogP contribution in [0.25, 0.3) is 0 Å². The highest BCUT2D eigenvalue weighted by atomic mass is 16.2. The number of hydrogen-bond acceptors (Lipinski definition) is 2. The number of fused-ring (bicyclic) bond motifs is 1. The molecular weight excluding hydrogens is 252 g/mol. The summed E-state index contributed by atoms with van der Waals surface area (Å²) in [5, 5.41) is 2.79. The molecule has 0 bridgehead atoms. The highest BCUT2D eigenvalue weighted by Crippen LogP contribution is 2.40. The number of carbonyl (C=O) groups is 2. The summed E-state index contributed by atoms with van der Waals surface area (Å²) in [5.74, 6) is 0.172. The van der Waals surface area contributed by atoms with Crippen molar-refractivity contribution in [2.24, 2.45) is 5.92 Å². The number of carbonyl (C=O) groups excluding carboxylic acids is 2. The lowest BCUT2D eigenvalue weighted by Crippen LogP contribution is -2.38. The summed E-state index contributed by atoms with van der Waals surface area (Å²) in [6, 6.07) is 3.50. The molecule has 0 spiro atoms. The maximum absolute atomic E-state index is 12.6. The summed E-state index contributed by atoms with van der Waals surface area (Å²) in [4.78, 5) is 25.9. The van der Waals surface area contributed by atoms with Gasteiger partial charge in [0.1, 0.15) is 6.04 Å². The number of rotatable bonds is 3. The molecule has 0 radical (unpaired) electrons. The van der Waals surface area contributed by atoms with E-state index >= 15 is 0 Å². The molecule has 1 atom stereocenters. The molecule has 0 saturated heterocycles. The Labute approximate surface area is 120 Å². The van der Waals surface area contributed by atoms with E-state index < -0.39 is 6.04 Å². The molecule has 0 saturated carbocycles. The molecule has 4 heteroatoms. The number of amides is 2. The molecule has 1 unspecified atom stereocenters. The predicted octanol–water partition coefficient (Wildman–Crippen LogP) is 2.48. The second kappa shape index (κ2) is 5.27. The van der Waals surface area contributed by atoms with Gasteiger partial charge in [0.15, 0.2) is 0 Å². The summed E-state index contributed by atoms with van der Waals surface area (Å²) >= 11 is 0. The third-order valence-electron chi connectivity index (χ3n) is 3.60. The molecule has 1 aliphatic rings. The number of hydrogen-bond donors (Lipinski definition) is 1. The van der Waals surface area contributed by atoms with Gasteiger partial charge in [-0.3, -0.25) is 9.59 Å². The van der Waals surface area contributed by atoms with E-state index in [1.165, 1.54) is 6.92 Å². The summed E-state index contributed by atoms with van der Waals surface area (Å²) < 4.78 is 0. The van der Waals surface area contributed by atoms with Gasteiger partial charge >= 0.3 is 0 Å². The minimum Gasteiger partial charge on any atom is -0.341 e. The summed E-state index contributed by atoms with van der Waals surface area (Å²) in [6.45, 7) is 10.3. The first-order chi connectivity index (χ1) is 9.32. The Hall–Kier alpha value is -1.84. The summed E-state index contributed by atoms with van der Waals surface area (Å²) in [7, 11) is 0. The lowest BCUT2D eigenvalue weighted by Gasteiger charge is -2.21. The highest BCUT2D eigenvalue weighted by molar-refractivity contribution is 6.07. The van der Waals surface area contributed by atoms with Crippen molar-refractivity contribution in [2.45, 2.75) is 40.7 Å². The molecule has 0 aromatic heterocycles. The third kappa shape index (κ3) is 2.42. The quantitative estimate of drug-likeness (QED) is 0.920. The monoisotopic (exact) mass is 274 g/mol. The van der Waals surface area contributed by atoms with Gasteiger partial charge in [0.2, 0.25) is 5.91 Å². The molecule has 1 heterocycles. The van der Waals surface area contributed by atoms with Crippen molar-refractivity contribution in [2.75, 3.05) is 11.4 Å². The maximum Gasteiger partial charge on any atom is 0.254 e. The van der Waals surface area contributed by atoms with E-state index in [1.807, 2.05) is 30.9 Å². The molecule has 0 fully saturated rings. The molecule has 1 N–H and O–H groups in total. The molecule has 20 heavy (non-hydrogen) atoms. The summed E-state index contributed by atoms with van der Waals surface area (Å²) in [5.41, 5.74) is 4.05. The van der Waals surface area contributed by atoms with E-state index in [9.17, 15) is 9.59 Å². The van der Waals surface area contributed by atoms with Crippen molar-refractivity contribution in [1.29, 1.82) is 0 Å². The smallest absolute Gasteiger partial charge is 0.254 e. The van der Waals surface area contributed by atoms with Crippen LogP contribution >= 0.6 is 0 Å². The highest BCUT2D eigenvalue weighted by Gasteiger charge is 2.39. The molecule has 108 valence electrons. The van der Waals surface area contributed by atoms with Crippen LogP contribution in [0.1, 0.15) is 43.5 Å². The number of aryl methyl sites for hydroxylation is 2. The van der Waals surface area contributed by atoms with E-state index in [2.05, 4.69) is 19.2 Å². The van der Waals surface area contributed by atoms with Gasteiger partial charge in [-0.25, -0.2) is 0 Å². The lowest BCUT2D eigenvalue weighted by atomic mass is 9.99. The first-order valence-corrected chi connectivity index (χ1v) is 7.01. The van der Waals surface area contributed by atoms with Crippen molar-refractivity contribution < 1.29 is 9.59 Å². The molecular formula is C16H22N2O2. The minimum absolute atomic E-state index is 0.0266. The zero-order valence-corrected chi connectivity index (χ0v) is 12.8. The van der Waals surface area contributed by atoms with Crippen LogP contribution in [0.2, 0.25) is 0 Å². The van der Waals surface area contributed by atoms with Gasteiger partial charge in [0, 0.05) is 19.0 Å². The van der Waals surface area contributed by atoms with E-state index in [1.54, 1.807) is 0 Å². The topological polar surface area (TPSA) is 49.4 Å². The standard InChI is InChI=1S/C16H22N2O2/c1-9(2)8-18-15-11(4)7-6-10(3)13(15)14(16(18)20)17-12(5)19/h6-7,9,14H,8H2,1-5H3,(H,17,19). The van der Waals surface area contributed by atoms with Crippen LogP contribution in [0.15, 0.2) is 12.1 Å². The molecule has 1 aliphatic heterocycles. The van der Waals surface area contributed by atoms with Crippen LogP contribution in [0.4, 0.5) is 5.69 Å². The minimum atomic E-state index is -0.541. The van der Waals surface area contributed by atoms with Gasteiger partial charge in [0.05, 0.1) is 5.69 Å². The van der Waals surface area contributed by atoms with Crippen LogP contribution in [0.5, 0.6) is 0 Å². The number of anilines is 1. The Balaban J connectivity index is 2.55. The van der Waals surface area contributed by atoms with E-state index in [4.69, 9.17) is 0 Å². The van der Waals surface area contributed by atoms with Gasteiger partial charge < -0.3 is 10.2 Å². The van der Waals surface area contributed by atoms with E-state index in [0.717, 1.165) is 22.4 Å². The zero-order chi connectivity index (χ0) is 15.0. The summed E-state index contributed by atoms with van der Waals surface area (Å²) in [6.07, 6.45) is 0. The van der Waals surface area contributed by atoms with Crippen LogP contribution in [0, 0.1) is 19.8 Å². The molecule has 2 amide bonds. The van der Waals surface area contributed by atoms with Crippen LogP contribution in [-0.2, 0) is 9.59 Å².